The van der Waals surface area contributed by atoms with Crippen LogP contribution >= 0.6 is 0 Å². The SMILES string of the molecule is CCN(C)c1ccccc1NC(=O)NC(C)CO. The average Bonchev–Trinajstić information content (AvgIpc) is 2.38. The van der Waals surface area contributed by atoms with E-state index in [0.29, 0.717) is 0 Å². The number of carbonyl (C=O) groups excluding carboxylic acids is 1. The van der Waals surface area contributed by atoms with Crippen LogP contribution in [0.1, 0.15) is 13.8 Å². The van der Waals surface area contributed by atoms with Crippen molar-refractivity contribution in [2.75, 3.05) is 30.4 Å². The summed E-state index contributed by atoms with van der Waals surface area (Å²) in [4.78, 5) is 13.7. The Hall–Kier alpha value is -1.75. The number of nitrogens with one attached hydrogen (secondary N) is 2. The van der Waals surface area contributed by atoms with Gasteiger partial charge in [0.25, 0.3) is 0 Å². The molecule has 2 amide bonds. The highest BCUT2D eigenvalue weighted by Crippen LogP contribution is 2.24. The minimum absolute atomic E-state index is 0.0794. The maximum Gasteiger partial charge on any atom is 0.319 e. The molecule has 0 heterocycles. The third-order valence-corrected chi connectivity index (χ3v) is 2.69. The Morgan fingerprint density at radius 2 is 2.11 bits per heavy atom. The molecule has 3 N–H and O–H groups in total. The lowest BCUT2D eigenvalue weighted by Crippen LogP contribution is -2.38. The number of anilines is 2. The van der Waals surface area contributed by atoms with Gasteiger partial charge in [-0.05, 0) is 26.0 Å². The van der Waals surface area contributed by atoms with Crippen molar-refractivity contribution in [2.45, 2.75) is 19.9 Å². The second-order valence-electron chi connectivity index (χ2n) is 4.21. The van der Waals surface area contributed by atoms with E-state index in [2.05, 4.69) is 10.6 Å². The fourth-order valence-electron chi connectivity index (χ4n) is 1.51. The largest absolute Gasteiger partial charge is 0.394 e. The van der Waals surface area contributed by atoms with E-state index in [-0.39, 0.29) is 18.7 Å². The molecule has 0 aliphatic heterocycles. The minimum Gasteiger partial charge on any atom is -0.394 e. The lowest BCUT2D eigenvalue weighted by Gasteiger charge is -2.21. The van der Waals surface area contributed by atoms with E-state index in [4.69, 9.17) is 5.11 Å². The molecule has 1 atom stereocenters. The van der Waals surface area contributed by atoms with Crippen LogP contribution in [-0.2, 0) is 0 Å². The highest BCUT2D eigenvalue weighted by molar-refractivity contribution is 5.93. The number of hydrogen-bond acceptors (Lipinski definition) is 3. The zero-order valence-electron chi connectivity index (χ0n) is 11.1. The molecule has 0 radical (unpaired) electrons. The Bertz CT molecular complexity index is 396. The molecular weight excluding hydrogens is 230 g/mol. The standard InChI is InChI=1S/C13H21N3O2/c1-4-16(3)12-8-6-5-7-11(12)15-13(18)14-10(2)9-17/h5-8,10,17H,4,9H2,1-3H3,(H2,14,15,18). The van der Waals surface area contributed by atoms with Gasteiger partial charge in [0, 0.05) is 13.6 Å². The summed E-state index contributed by atoms with van der Waals surface area (Å²) in [6.07, 6.45) is 0. The first-order valence-electron chi connectivity index (χ1n) is 6.07. The zero-order valence-corrected chi connectivity index (χ0v) is 11.1. The predicted molar refractivity (Wildman–Crippen MR) is 74.1 cm³/mol. The molecule has 0 aliphatic rings. The lowest BCUT2D eigenvalue weighted by molar-refractivity contribution is 0.229. The lowest BCUT2D eigenvalue weighted by atomic mass is 10.2. The number of aliphatic hydroxyl groups is 1. The molecule has 0 saturated carbocycles. The number of hydrogen-bond donors (Lipinski definition) is 3. The number of carbonyl (C=O) groups is 1. The summed E-state index contributed by atoms with van der Waals surface area (Å²) >= 11 is 0. The van der Waals surface area contributed by atoms with Gasteiger partial charge in [0.1, 0.15) is 0 Å². The van der Waals surface area contributed by atoms with Gasteiger partial charge in [0.05, 0.1) is 24.0 Å². The van der Waals surface area contributed by atoms with Crippen molar-refractivity contribution in [1.29, 1.82) is 0 Å². The molecule has 100 valence electrons. The number of para-hydroxylation sites is 2. The quantitative estimate of drug-likeness (QED) is 0.745. The van der Waals surface area contributed by atoms with Crippen LogP contribution in [0.4, 0.5) is 16.2 Å². The van der Waals surface area contributed by atoms with Gasteiger partial charge in [-0.1, -0.05) is 12.1 Å². The summed E-state index contributed by atoms with van der Waals surface area (Å²) in [6.45, 7) is 4.56. The molecule has 5 nitrogen and oxygen atoms in total. The van der Waals surface area contributed by atoms with Crippen LogP contribution in [0.15, 0.2) is 24.3 Å². The first kappa shape index (κ1) is 14.3. The molecule has 1 unspecified atom stereocenters. The summed E-state index contributed by atoms with van der Waals surface area (Å²) in [5.41, 5.74) is 1.72. The zero-order chi connectivity index (χ0) is 13.5. The van der Waals surface area contributed by atoms with Crippen molar-refractivity contribution in [1.82, 2.24) is 5.32 Å². The number of aliphatic hydroxyl groups excluding tert-OH is 1. The van der Waals surface area contributed by atoms with Crippen molar-refractivity contribution >= 4 is 17.4 Å². The van der Waals surface area contributed by atoms with Crippen LogP contribution in [0.25, 0.3) is 0 Å². The number of benzene rings is 1. The Kier molecular flexibility index (Phi) is 5.45. The van der Waals surface area contributed by atoms with Crippen LogP contribution in [0, 0.1) is 0 Å². The smallest absolute Gasteiger partial charge is 0.319 e. The van der Waals surface area contributed by atoms with Gasteiger partial charge in [-0.2, -0.15) is 0 Å². The minimum atomic E-state index is -0.312. The third kappa shape index (κ3) is 3.92. The Morgan fingerprint density at radius 3 is 2.72 bits per heavy atom. The van der Waals surface area contributed by atoms with Crippen molar-refractivity contribution < 1.29 is 9.90 Å². The molecular formula is C13H21N3O2. The predicted octanol–water partition coefficient (Wildman–Crippen LogP) is 1.64. The second-order valence-corrected chi connectivity index (χ2v) is 4.21. The van der Waals surface area contributed by atoms with E-state index in [9.17, 15) is 4.79 Å². The van der Waals surface area contributed by atoms with E-state index in [0.717, 1.165) is 17.9 Å². The van der Waals surface area contributed by atoms with Gasteiger partial charge in [-0.15, -0.1) is 0 Å². The monoisotopic (exact) mass is 251 g/mol. The van der Waals surface area contributed by atoms with Crippen molar-refractivity contribution in [3.05, 3.63) is 24.3 Å². The van der Waals surface area contributed by atoms with Crippen LogP contribution in [0.3, 0.4) is 0 Å². The Morgan fingerprint density at radius 1 is 1.44 bits per heavy atom. The molecule has 0 saturated heterocycles. The van der Waals surface area contributed by atoms with E-state index in [1.165, 1.54) is 0 Å². The van der Waals surface area contributed by atoms with Gasteiger partial charge in [0.15, 0.2) is 0 Å². The highest BCUT2D eigenvalue weighted by Gasteiger charge is 2.10. The summed E-state index contributed by atoms with van der Waals surface area (Å²) < 4.78 is 0. The van der Waals surface area contributed by atoms with Gasteiger partial charge >= 0.3 is 6.03 Å². The maximum absolute atomic E-state index is 11.7. The summed E-state index contributed by atoms with van der Waals surface area (Å²) in [6, 6.07) is 7.03. The van der Waals surface area contributed by atoms with Crippen LogP contribution < -0.4 is 15.5 Å². The van der Waals surface area contributed by atoms with Crippen molar-refractivity contribution in [3.8, 4) is 0 Å². The summed E-state index contributed by atoms with van der Waals surface area (Å²) in [5.74, 6) is 0. The van der Waals surface area contributed by atoms with Crippen LogP contribution in [-0.4, -0.2) is 37.4 Å². The first-order valence-corrected chi connectivity index (χ1v) is 6.07. The summed E-state index contributed by atoms with van der Waals surface area (Å²) in [5, 5.41) is 14.3. The van der Waals surface area contributed by atoms with Crippen molar-refractivity contribution in [2.24, 2.45) is 0 Å². The Balaban J connectivity index is 2.75. The fourth-order valence-corrected chi connectivity index (χ4v) is 1.51. The molecule has 0 fully saturated rings. The highest BCUT2D eigenvalue weighted by atomic mass is 16.3. The fraction of sp³-hybridized carbons (Fsp3) is 0.462. The van der Waals surface area contributed by atoms with E-state index < -0.39 is 0 Å². The molecule has 0 aromatic heterocycles. The maximum atomic E-state index is 11.7. The van der Waals surface area contributed by atoms with Gasteiger partial charge in [0.2, 0.25) is 0 Å². The number of amides is 2. The van der Waals surface area contributed by atoms with Gasteiger partial charge in [-0.3, -0.25) is 0 Å². The average molecular weight is 251 g/mol. The number of nitrogens with zero attached hydrogens (tertiary/aromatic N) is 1. The molecule has 1 aromatic carbocycles. The molecule has 0 aliphatic carbocycles. The molecule has 5 heteroatoms. The number of urea groups is 1. The molecule has 0 bridgehead atoms. The van der Waals surface area contributed by atoms with E-state index in [1.54, 1.807) is 6.92 Å². The summed E-state index contributed by atoms with van der Waals surface area (Å²) in [7, 11) is 1.97. The van der Waals surface area contributed by atoms with Crippen LogP contribution in [0.2, 0.25) is 0 Å². The molecule has 1 aromatic rings. The molecule has 0 spiro atoms. The van der Waals surface area contributed by atoms with Gasteiger partial charge < -0.3 is 20.6 Å². The normalized spacial score (nSPS) is 11.8. The molecule has 18 heavy (non-hydrogen) atoms. The van der Waals surface area contributed by atoms with Gasteiger partial charge in [-0.25, -0.2) is 4.79 Å². The first-order chi connectivity index (χ1) is 8.58. The molecule has 1 rings (SSSR count). The topological polar surface area (TPSA) is 64.6 Å². The van der Waals surface area contributed by atoms with Crippen LogP contribution in [0.5, 0.6) is 0 Å². The number of rotatable bonds is 5. The van der Waals surface area contributed by atoms with Crippen molar-refractivity contribution in [3.63, 3.8) is 0 Å². The Labute approximate surface area is 108 Å². The van der Waals surface area contributed by atoms with E-state index in [1.807, 2.05) is 43.1 Å². The third-order valence-electron chi connectivity index (χ3n) is 2.69. The second kappa shape index (κ2) is 6.86. The van der Waals surface area contributed by atoms with E-state index >= 15 is 0 Å².